The van der Waals surface area contributed by atoms with Crippen LogP contribution in [0.15, 0.2) is 40.2 Å². The molecule has 1 aromatic heterocycles. The van der Waals surface area contributed by atoms with Crippen molar-refractivity contribution in [3.63, 3.8) is 0 Å². The van der Waals surface area contributed by atoms with Crippen molar-refractivity contribution in [2.24, 2.45) is 0 Å². The third kappa shape index (κ3) is 3.74. The molecule has 1 aromatic carbocycles. The second-order valence-corrected chi connectivity index (χ2v) is 6.07. The van der Waals surface area contributed by atoms with Crippen LogP contribution in [0.4, 0.5) is 5.69 Å². The van der Waals surface area contributed by atoms with Crippen LogP contribution in [-0.4, -0.2) is 31.0 Å². The van der Waals surface area contributed by atoms with Gasteiger partial charge in [0.2, 0.25) is 0 Å². The van der Waals surface area contributed by atoms with Gasteiger partial charge in [-0.3, -0.25) is 4.79 Å². The lowest BCUT2D eigenvalue weighted by atomic mass is 10.3. The summed E-state index contributed by atoms with van der Waals surface area (Å²) < 4.78 is 6.59. The third-order valence-corrected chi connectivity index (χ3v) is 4.19. The highest BCUT2D eigenvalue weighted by atomic mass is 79.9. The molecule has 0 spiro atoms. The summed E-state index contributed by atoms with van der Waals surface area (Å²) in [4.78, 5) is 14.3. The van der Waals surface area contributed by atoms with E-state index in [1.54, 1.807) is 18.0 Å². The zero-order chi connectivity index (χ0) is 14.5. The molecule has 0 radical (unpaired) electrons. The first-order valence-corrected chi connectivity index (χ1v) is 7.72. The summed E-state index contributed by atoms with van der Waals surface area (Å²) in [5.41, 5.74) is 6.27. The molecule has 2 rings (SSSR count). The second-order valence-electron chi connectivity index (χ2n) is 4.23. The molecular formula is C14H15BrN2O2S. The third-order valence-electron chi connectivity index (χ3n) is 2.75. The summed E-state index contributed by atoms with van der Waals surface area (Å²) in [5, 5.41) is 1.81. The molecule has 6 heteroatoms. The number of amides is 1. The monoisotopic (exact) mass is 354 g/mol. The van der Waals surface area contributed by atoms with E-state index in [0.29, 0.717) is 23.7 Å². The van der Waals surface area contributed by atoms with E-state index in [0.717, 1.165) is 10.2 Å². The van der Waals surface area contributed by atoms with E-state index in [9.17, 15) is 4.79 Å². The number of nitrogen functional groups attached to an aromatic ring is 1. The van der Waals surface area contributed by atoms with Crippen molar-refractivity contribution in [1.82, 2.24) is 4.90 Å². The zero-order valence-corrected chi connectivity index (χ0v) is 13.4. The van der Waals surface area contributed by atoms with Crippen molar-refractivity contribution in [3.8, 4) is 5.75 Å². The summed E-state index contributed by atoms with van der Waals surface area (Å²) in [7, 11) is 1.74. The van der Waals surface area contributed by atoms with Crippen molar-refractivity contribution >= 4 is 38.9 Å². The number of carbonyl (C=O) groups excluding carboxylic acids is 1. The fraction of sp³-hybridized carbons (Fsp3) is 0.214. The number of carbonyl (C=O) groups is 1. The number of thiophene rings is 1. The number of benzene rings is 1. The lowest BCUT2D eigenvalue weighted by Gasteiger charge is -2.17. The van der Waals surface area contributed by atoms with Gasteiger partial charge in [-0.05, 0) is 35.7 Å². The van der Waals surface area contributed by atoms with E-state index in [1.165, 1.54) is 11.3 Å². The number of hydrogen-bond acceptors (Lipinski definition) is 4. The summed E-state index contributed by atoms with van der Waals surface area (Å²) in [5.74, 6) is 0.710. The number of hydrogen-bond donors (Lipinski definition) is 1. The lowest BCUT2D eigenvalue weighted by molar-refractivity contribution is 0.0779. The number of rotatable bonds is 5. The summed E-state index contributed by atoms with van der Waals surface area (Å²) in [6.07, 6.45) is 0. The van der Waals surface area contributed by atoms with Gasteiger partial charge in [-0.2, -0.15) is 0 Å². The van der Waals surface area contributed by atoms with Gasteiger partial charge in [-0.25, -0.2) is 0 Å². The van der Waals surface area contributed by atoms with Gasteiger partial charge in [-0.1, -0.05) is 15.9 Å². The molecule has 0 bridgehead atoms. The number of likely N-dealkylation sites (N-methyl/N-ethyl adjacent to an activating group) is 1. The average molecular weight is 355 g/mol. The maximum atomic E-state index is 12.1. The molecule has 106 valence electrons. The van der Waals surface area contributed by atoms with Crippen LogP contribution in [0.5, 0.6) is 5.75 Å². The smallest absolute Gasteiger partial charge is 0.265 e. The summed E-state index contributed by atoms with van der Waals surface area (Å²) >= 11 is 4.72. The Morgan fingerprint density at radius 2 is 2.05 bits per heavy atom. The van der Waals surface area contributed by atoms with Crippen LogP contribution >= 0.6 is 27.3 Å². The quantitative estimate of drug-likeness (QED) is 0.896. The van der Waals surface area contributed by atoms with Crippen LogP contribution in [0, 0.1) is 0 Å². The minimum absolute atomic E-state index is 0.0723. The Kier molecular flexibility index (Phi) is 5.03. The highest BCUT2D eigenvalue weighted by molar-refractivity contribution is 9.10. The molecule has 0 fully saturated rings. The maximum Gasteiger partial charge on any atom is 0.265 e. The van der Waals surface area contributed by atoms with Gasteiger partial charge >= 0.3 is 0 Å². The highest BCUT2D eigenvalue weighted by Crippen LogP contribution is 2.20. The fourth-order valence-electron chi connectivity index (χ4n) is 1.60. The normalized spacial score (nSPS) is 10.3. The molecule has 0 aliphatic heterocycles. The standard InChI is InChI=1S/C14H15BrN2O2S/c1-17(14(18)13-12(16)6-9-20-13)7-8-19-11-4-2-10(15)3-5-11/h2-6,9H,7-8,16H2,1H3. The van der Waals surface area contributed by atoms with Gasteiger partial charge in [0, 0.05) is 11.5 Å². The van der Waals surface area contributed by atoms with Crippen molar-refractivity contribution in [2.45, 2.75) is 0 Å². The number of anilines is 1. The first-order chi connectivity index (χ1) is 9.58. The number of nitrogens with zero attached hydrogens (tertiary/aromatic N) is 1. The molecular weight excluding hydrogens is 340 g/mol. The molecule has 1 heterocycles. The molecule has 4 nitrogen and oxygen atoms in total. The Morgan fingerprint density at radius 3 is 2.65 bits per heavy atom. The van der Waals surface area contributed by atoms with Crippen molar-refractivity contribution in [3.05, 3.63) is 45.1 Å². The predicted molar refractivity (Wildman–Crippen MR) is 85.3 cm³/mol. The van der Waals surface area contributed by atoms with Crippen molar-refractivity contribution in [1.29, 1.82) is 0 Å². The van der Waals surface area contributed by atoms with Crippen molar-refractivity contribution in [2.75, 3.05) is 25.9 Å². The minimum Gasteiger partial charge on any atom is -0.492 e. The first-order valence-electron chi connectivity index (χ1n) is 6.04. The summed E-state index contributed by atoms with van der Waals surface area (Å²) in [6, 6.07) is 9.32. The first kappa shape index (κ1) is 14.9. The molecule has 0 atom stereocenters. The number of ether oxygens (including phenoxy) is 1. The molecule has 0 saturated carbocycles. The van der Waals surface area contributed by atoms with Gasteiger partial charge in [0.05, 0.1) is 12.2 Å². The molecule has 2 aromatic rings. The fourth-order valence-corrected chi connectivity index (χ4v) is 2.67. The van der Waals surface area contributed by atoms with Crippen LogP contribution in [-0.2, 0) is 0 Å². The predicted octanol–water partition coefficient (Wildman–Crippen LogP) is 3.24. The Hall–Kier alpha value is -1.53. The minimum atomic E-state index is -0.0723. The molecule has 2 N–H and O–H groups in total. The van der Waals surface area contributed by atoms with E-state index in [1.807, 2.05) is 29.6 Å². The van der Waals surface area contributed by atoms with Gasteiger partial charge in [0.25, 0.3) is 5.91 Å². The average Bonchev–Trinajstić information content (AvgIpc) is 2.86. The highest BCUT2D eigenvalue weighted by Gasteiger charge is 2.15. The van der Waals surface area contributed by atoms with Crippen LogP contribution < -0.4 is 10.5 Å². The second kappa shape index (κ2) is 6.76. The van der Waals surface area contributed by atoms with E-state index >= 15 is 0 Å². The summed E-state index contributed by atoms with van der Waals surface area (Å²) in [6.45, 7) is 0.946. The molecule has 0 saturated heterocycles. The van der Waals surface area contributed by atoms with Gasteiger partial charge in [0.15, 0.2) is 0 Å². The lowest BCUT2D eigenvalue weighted by Crippen LogP contribution is -2.30. The topological polar surface area (TPSA) is 55.6 Å². The Morgan fingerprint density at radius 1 is 1.35 bits per heavy atom. The zero-order valence-electron chi connectivity index (χ0n) is 11.0. The van der Waals surface area contributed by atoms with E-state index in [-0.39, 0.29) is 5.91 Å². The molecule has 1 amide bonds. The van der Waals surface area contributed by atoms with Gasteiger partial charge in [-0.15, -0.1) is 11.3 Å². The Labute approximate surface area is 130 Å². The molecule has 20 heavy (non-hydrogen) atoms. The SMILES string of the molecule is CN(CCOc1ccc(Br)cc1)C(=O)c1sccc1N. The van der Waals surface area contributed by atoms with E-state index in [4.69, 9.17) is 10.5 Å². The van der Waals surface area contributed by atoms with Gasteiger partial charge in [0.1, 0.15) is 17.2 Å². The molecule has 0 aliphatic carbocycles. The maximum absolute atomic E-state index is 12.1. The van der Waals surface area contributed by atoms with E-state index < -0.39 is 0 Å². The largest absolute Gasteiger partial charge is 0.492 e. The van der Waals surface area contributed by atoms with Crippen LogP contribution in [0.2, 0.25) is 0 Å². The van der Waals surface area contributed by atoms with Crippen LogP contribution in [0.3, 0.4) is 0 Å². The molecule has 0 unspecified atom stereocenters. The number of nitrogens with two attached hydrogens (primary N) is 1. The van der Waals surface area contributed by atoms with Gasteiger partial charge < -0.3 is 15.4 Å². The Balaban J connectivity index is 1.83. The Bertz CT molecular complexity index is 583. The van der Waals surface area contributed by atoms with E-state index in [2.05, 4.69) is 15.9 Å². The number of halogens is 1. The van der Waals surface area contributed by atoms with Crippen LogP contribution in [0.1, 0.15) is 9.67 Å². The van der Waals surface area contributed by atoms with Crippen LogP contribution in [0.25, 0.3) is 0 Å². The van der Waals surface area contributed by atoms with Crippen molar-refractivity contribution < 1.29 is 9.53 Å². The molecule has 0 aliphatic rings.